The number of hydrogen-bond acceptors (Lipinski definition) is 5. The van der Waals surface area contributed by atoms with Crippen LogP contribution >= 0.6 is 46.0 Å². The number of rotatable bonds is 5. The molecule has 0 aromatic rings. The van der Waals surface area contributed by atoms with E-state index in [-0.39, 0.29) is 0 Å². The number of unbranched alkanes of at least 4 members (excludes halogenated alkanes) is 2. The van der Waals surface area contributed by atoms with Crippen molar-refractivity contribution in [2.45, 2.75) is 39.5 Å². The Balaban J connectivity index is 3.39. The van der Waals surface area contributed by atoms with Crippen LogP contribution in [0.5, 0.6) is 0 Å². The van der Waals surface area contributed by atoms with Crippen molar-refractivity contribution in [1.82, 2.24) is 0 Å². The molecule has 0 unspecified atom stereocenters. The van der Waals surface area contributed by atoms with Crippen LogP contribution in [0.3, 0.4) is 0 Å². The van der Waals surface area contributed by atoms with Gasteiger partial charge in [0.15, 0.2) is 0 Å². The normalized spacial score (nSPS) is 9.86. The molecule has 0 amide bonds. The molecule has 5 heteroatoms. The van der Waals surface area contributed by atoms with Gasteiger partial charge in [0, 0.05) is 0 Å². The first-order chi connectivity index (χ1) is 6.70. The first-order valence-corrected chi connectivity index (χ1v) is 7.71. The Morgan fingerprint density at radius 1 is 1.14 bits per heavy atom. The van der Waals surface area contributed by atoms with Gasteiger partial charge in [0.1, 0.15) is 0 Å². The third-order valence-electron chi connectivity index (χ3n) is 1.45. The Labute approximate surface area is 105 Å². The van der Waals surface area contributed by atoms with Crippen molar-refractivity contribution in [3.63, 3.8) is 0 Å². The third kappa shape index (κ3) is 9.24. The molecule has 0 aliphatic carbocycles. The Bertz CT molecular complexity index is 182. The summed E-state index contributed by atoms with van der Waals surface area (Å²) in [5, 5.41) is 0. The maximum atomic E-state index is 5.20. The molecule has 0 fully saturated rings. The summed E-state index contributed by atoms with van der Waals surface area (Å²) in [5.74, 6) is 0. The quantitative estimate of drug-likeness (QED) is 0.408. The molecule has 0 radical (unpaired) electrons. The average molecular weight is 268 g/mol. The van der Waals surface area contributed by atoms with E-state index in [4.69, 9.17) is 29.2 Å². The average Bonchev–Trinajstić information content (AvgIpc) is 2.16. The minimum absolute atomic E-state index is 0.579. The van der Waals surface area contributed by atoms with Crippen LogP contribution in [0.25, 0.3) is 0 Å². The molecule has 0 aromatic carbocycles. The lowest BCUT2D eigenvalue weighted by Gasteiger charge is -2.04. The van der Waals surface area contributed by atoms with E-state index in [2.05, 4.69) is 6.92 Å². The standard InChI is InChI=1S/C9H16OS4/c1-3-5-6-7-8(11)13-14-9(12)10-4-2/h3-7H2,1-2H3. The summed E-state index contributed by atoms with van der Waals surface area (Å²) in [4.78, 5) is 0. The monoisotopic (exact) mass is 268 g/mol. The SMILES string of the molecule is CCCCCC(=S)SSC(=S)OCC. The van der Waals surface area contributed by atoms with Crippen LogP contribution in [0.2, 0.25) is 0 Å². The maximum absolute atomic E-state index is 5.20. The van der Waals surface area contributed by atoms with Crippen molar-refractivity contribution >= 4 is 54.6 Å². The molecule has 0 aliphatic heterocycles. The van der Waals surface area contributed by atoms with Gasteiger partial charge in [-0.25, -0.2) is 0 Å². The van der Waals surface area contributed by atoms with Crippen molar-refractivity contribution in [3.8, 4) is 0 Å². The predicted octanol–water partition coefficient (Wildman–Crippen LogP) is 4.60. The van der Waals surface area contributed by atoms with Crippen molar-refractivity contribution in [2.24, 2.45) is 0 Å². The molecule has 0 N–H and O–H groups in total. The third-order valence-corrected chi connectivity index (χ3v) is 4.94. The summed E-state index contributed by atoms with van der Waals surface area (Å²) in [5.41, 5.74) is 0. The molecule has 0 rings (SSSR count). The lowest BCUT2D eigenvalue weighted by molar-refractivity contribution is 0.346. The van der Waals surface area contributed by atoms with E-state index in [1.165, 1.54) is 30.1 Å². The zero-order valence-electron chi connectivity index (χ0n) is 8.58. The summed E-state index contributed by atoms with van der Waals surface area (Å²) < 4.78 is 6.73. The van der Waals surface area contributed by atoms with Crippen LogP contribution in [0.4, 0.5) is 0 Å². The summed E-state index contributed by atoms with van der Waals surface area (Å²) in [7, 11) is 3.01. The van der Waals surface area contributed by atoms with Gasteiger partial charge in [-0.05, 0) is 53.6 Å². The molecule has 0 aromatic heterocycles. The minimum atomic E-state index is 0.579. The molecule has 82 valence electrons. The zero-order valence-corrected chi connectivity index (χ0v) is 11.8. The minimum Gasteiger partial charge on any atom is -0.478 e. The number of thiocarbonyl (C=S) groups is 2. The summed E-state index contributed by atoms with van der Waals surface area (Å²) >= 11 is 10.2. The molecule has 0 spiro atoms. The Morgan fingerprint density at radius 3 is 2.43 bits per heavy atom. The highest BCUT2D eigenvalue weighted by Crippen LogP contribution is 2.27. The van der Waals surface area contributed by atoms with E-state index in [1.807, 2.05) is 6.92 Å². The maximum Gasteiger partial charge on any atom is 0.231 e. The lowest BCUT2D eigenvalue weighted by Crippen LogP contribution is -1.95. The van der Waals surface area contributed by atoms with Gasteiger partial charge in [0.25, 0.3) is 0 Å². The van der Waals surface area contributed by atoms with Gasteiger partial charge in [-0.2, -0.15) is 0 Å². The van der Waals surface area contributed by atoms with E-state index >= 15 is 0 Å². The second-order valence-corrected chi connectivity index (χ2v) is 6.26. The fourth-order valence-corrected chi connectivity index (χ4v) is 3.09. The highest BCUT2D eigenvalue weighted by Gasteiger charge is 2.02. The Morgan fingerprint density at radius 2 is 1.86 bits per heavy atom. The lowest BCUT2D eigenvalue weighted by atomic mass is 10.2. The number of hydrogen-bond donors (Lipinski definition) is 0. The van der Waals surface area contributed by atoms with E-state index in [0.29, 0.717) is 11.0 Å². The highest BCUT2D eigenvalue weighted by molar-refractivity contribution is 8.89. The highest BCUT2D eigenvalue weighted by atomic mass is 33.1. The van der Waals surface area contributed by atoms with Gasteiger partial charge in [0.05, 0.1) is 10.8 Å². The van der Waals surface area contributed by atoms with Gasteiger partial charge < -0.3 is 4.74 Å². The first kappa shape index (κ1) is 14.7. The molecule has 0 atom stereocenters. The predicted molar refractivity (Wildman–Crippen MR) is 76.1 cm³/mol. The molecule has 0 aliphatic rings. The van der Waals surface area contributed by atoms with Crippen LogP contribution in [-0.4, -0.2) is 15.2 Å². The Hall–Kier alpha value is 0.680. The van der Waals surface area contributed by atoms with E-state index in [0.717, 1.165) is 10.6 Å². The van der Waals surface area contributed by atoms with E-state index in [1.54, 1.807) is 10.8 Å². The molecule has 14 heavy (non-hydrogen) atoms. The van der Waals surface area contributed by atoms with Crippen molar-refractivity contribution in [1.29, 1.82) is 0 Å². The summed E-state index contributed by atoms with van der Waals surface area (Å²) in [6.07, 6.45) is 4.68. The van der Waals surface area contributed by atoms with Crippen molar-refractivity contribution in [2.75, 3.05) is 6.61 Å². The summed E-state index contributed by atoms with van der Waals surface area (Å²) in [6.45, 7) is 4.75. The Kier molecular flexibility index (Phi) is 10.7. The summed E-state index contributed by atoms with van der Waals surface area (Å²) in [6, 6.07) is 0. The largest absolute Gasteiger partial charge is 0.478 e. The van der Waals surface area contributed by atoms with Gasteiger partial charge in [-0.15, -0.1) is 0 Å². The zero-order chi connectivity index (χ0) is 10.8. The molecule has 1 nitrogen and oxygen atoms in total. The van der Waals surface area contributed by atoms with Crippen molar-refractivity contribution < 1.29 is 4.74 Å². The van der Waals surface area contributed by atoms with Crippen LogP contribution in [0.15, 0.2) is 0 Å². The smallest absolute Gasteiger partial charge is 0.231 e. The number of ether oxygens (including phenoxy) is 1. The molecule has 0 bridgehead atoms. The van der Waals surface area contributed by atoms with Gasteiger partial charge >= 0.3 is 0 Å². The first-order valence-electron chi connectivity index (χ1n) is 4.74. The second kappa shape index (κ2) is 10.2. The second-order valence-electron chi connectivity index (χ2n) is 2.68. The van der Waals surface area contributed by atoms with Crippen LogP contribution < -0.4 is 0 Å². The molecular weight excluding hydrogens is 252 g/mol. The molecule has 0 heterocycles. The van der Waals surface area contributed by atoms with E-state index < -0.39 is 0 Å². The van der Waals surface area contributed by atoms with Gasteiger partial charge in [-0.1, -0.05) is 32.0 Å². The van der Waals surface area contributed by atoms with Crippen LogP contribution in [0, 0.1) is 0 Å². The molecule has 0 saturated heterocycles. The van der Waals surface area contributed by atoms with Crippen LogP contribution in [-0.2, 0) is 4.74 Å². The van der Waals surface area contributed by atoms with Gasteiger partial charge in [-0.3, -0.25) is 0 Å². The van der Waals surface area contributed by atoms with E-state index in [9.17, 15) is 0 Å². The topological polar surface area (TPSA) is 9.23 Å². The van der Waals surface area contributed by atoms with Crippen LogP contribution in [0.1, 0.15) is 39.5 Å². The molecular formula is C9H16OS4. The van der Waals surface area contributed by atoms with Gasteiger partial charge in [0.2, 0.25) is 4.38 Å². The molecule has 0 saturated carbocycles. The fourth-order valence-electron chi connectivity index (χ4n) is 0.783. The van der Waals surface area contributed by atoms with Crippen molar-refractivity contribution in [3.05, 3.63) is 0 Å². The fraction of sp³-hybridized carbons (Fsp3) is 0.778.